The van der Waals surface area contributed by atoms with Crippen molar-refractivity contribution in [2.45, 2.75) is 48.4 Å². The normalized spacial score (nSPS) is 19.2. The smallest absolute Gasteiger partial charge is 0.416 e. The van der Waals surface area contributed by atoms with E-state index in [2.05, 4.69) is 19.7 Å². The molecule has 4 rings (SSSR count). The molecule has 0 saturated heterocycles. The Balaban J connectivity index is 0.00000147. The van der Waals surface area contributed by atoms with Crippen LogP contribution in [0.25, 0.3) is 0 Å². The summed E-state index contributed by atoms with van der Waals surface area (Å²) in [6, 6.07) is 6.18. The minimum absolute atomic E-state index is 0.0250. The highest BCUT2D eigenvalue weighted by molar-refractivity contribution is 7.92. The molecule has 1 aromatic carbocycles. The van der Waals surface area contributed by atoms with Crippen LogP contribution in [-0.4, -0.2) is 66.1 Å². The Hall–Kier alpha value is -3.56. The molecule has 1 aliphatic rings. The summed E-state index contributed by atoms with van der Waals surface area (Å²) in [7, 11) is -0.503. The molecule has 0 amide bonds. The zero-order valence-corrected chi connectivity index (χ0v) is 23.3. The van der Waals surface area contributed by atoms with Gasteiger partial charge < -0.3 is 14.7 Å². The molecule has 10 nitrogen and oxygen atoms in total. The van der Waals surface area contributed by atoms with Crippen molar-refractivity contribution in [1.29, 1.82) is 0 Å². The molecule has 3 aromatic rings. The van der Waals surface area contributed by atoms with Crippen molar-refractivity contribution in [3.05, 3.63) is 71.0 Å². The van der Waals surface area contributed by atoms with E-state index in [0.29, 0.717) is 19.3 Å². The summed E-state index contributed by atoms with van der Waals surface area (Å²) in [4.78, 5) is 21.6. The van der Waals surface area contributed by atoms with Crippen molar-refractivity contribution in [2.75, 3.05) is 18.8 Å². The van der Waals surface area contributed by atoms with Gasteiger partial charge in [-0.1, -0.05) is 11.6 Å². The molecule has 0 spiro atoms. The molecule has 1 aliphatic carbocycles. The average Bonchev–Trinajstić information content (AvgIpc) is 2.89. The van der Waals surface area contributed by atoms with Crippen LogP contribution >= 0.6 is 11.6 Å². The Morgan fingerprint density at radius 2 is 1.88 bits per heavy atom. The molecule has 2 heterocycles. The van der Waals surface area contributed by atoms with Gasteiger partial charge >= 0.3 is 6.18 Å². The maximum atomic E-state index is 14.5. The number of alkyl halides is 3. The Bertz CT molecular complexity index is 1450. The first kappa shape index (κ1) is 32.0. The molecular weight excluding hydrogens is 594 g/mol. The maximum absolute atomic E-state index is 14.5. The molecule has 0 radical (unpaired) electrons. The van der Waals surface area contributed by atoms with Gasteiger partial charge in [-0.05, 0) is 75.2 Å². The number of carboxylic acid groups (broad SMARTS) is 1. The van der Waals surface area contributed by atoms with E-state index in [1.807, 2.05) is 4.90 Å². The summed E-state index contributed by atoms with van der Waals surface area (Å²) in [5.41, 5.74) is -0.867. The number of nitrogens with one attached hydrogen (secondary N) is 1. The summed E-state index contributed by atoms with van der Waals surface area (Å²) >= 11 is 6.18. The number of halogens is 5. The molecule has 0 unspecified atom stereocenters. The van der Waals surface area contributed by atoms with Gasteiger partial charge in [0.25, 0.3) is 16.5 Å². The van der Waals surface area contributed by atoms with Gasteiger partial charge in [0.2, 0.25) is 5.88 Å². The summed E-state index contributed by atoms with van der Waals surface area (Å²) in [6.07, 6.45) is -1.32. The third-order valence-electron chi connectivity index (χ3n) is 6.35. The molecule has 3 atom stereocenters. The molecule has 16 heteroatoms. The fourth-order valence-electron chi connectivity index (χ4n) is 4.48. The van der Waals surface area contributed by atoms with Crippen molar-refractivity contribution in [2.24, 2.45) is 0 Å². The number of ether oxygens (including phenoxy) is 1. The second kappa shape index (κ2) is 13.4. The molecule has 1 fully saturated rings. The zero-order valence-electron chi connectivity index (χ0n) is 21.7. The third kappa shape index (κ3) is 8.24. The zero-order chi connectivity index (χ0) is 30.4. The lowest BCUT2D eigenvalue weighted by molar-refractivity contribution is -0.137. The quantitative estimate of drug-likeness (QED) is 0.217. The highest BCUT2D eigenvalue weighted by Gasteiger charge is 2.37. The van der Waals surface area contributed by atoms with E-state index in [9.17, 15) is 26.0 Å². The summed E-state index contributed by atoms with van der Waals surface area (Å²) in [5, 5.41) is 6.57. The first-order chi connectivity index (χ1) is 19.3. The lowest BCUT2D eigenvalue weighted by Crippen LogP contribution is -2.46. The van der Waals surface area contributed by atoms with Gasteiger partial charge in [0.15, 0.2) is 5.15 Å². The van der Waals surface area contributed by atoms with E-state index in [4.69, 9.17) is 26.2 Å². The van der Waals surface area contributed by atoms with Crippen molar-refractivity contribution < 1.29 is 40.6 Å². The van der Waals surface area contributed by atoms with E-state index in [1.54, 1.807) is 14.1 Å². The number of likely N-dealkylation sites (N-methyl/N-ethyl adjacent to an activating group) is 1. The third-order valence-corrected chi connectivity index (χ3v) is 8.14. The summed E-state index contributed by atoms with van der Waals surface area (Å²) in [5.74, 6) is -0.988. The van der Waals surface area contributed by atoms with Gasteiger partial charge in [-0.25, -0.2) is 27.8 Å². The Kier molecular flexibility index (Phi) is 10.4. The molecule has 2 aromatic heterocycles. The lowest BCUT2D eigenvalue weighted by atomic mass is 9.78. The number of hydrogen-bond donors (Lipinski definition) is 2. The first-order valence-electron chi connectivity index (χ1n) is 12.0. The number of benzene rings is 1. The number of rotatable bonds is 7. The number of sulfonamides is 1. The van der Waals surface area contributed by atoms with Crippen LogP contribution in [0.3, 0.4) is 0 Å². The van der Waals surface area contributed by atoms with Crippen LogP contribution in [0, 0.1) is 5.82 Å². The van der Waals surface area contributed by atoms with Crippen LogP contribution in [0.5, 0.6) is 5.88 Å². The summed E-state index contributed by atoms with van der Waals surface area (Å²) in [6.45, 7) is -0.250. The van der Waals surface area contributed by atoms with Gasteiger partial charge in [0.05, 0.1) is 5.56 Å². The number of anilines is 1. The standard InChI is InChI=1S/C24H24ClF4N5O3S.CH2O2/c1-34(2)18-11-14(16-12-15(24(27,28)29)4-5-17(16)26)3-6-19(18)37-22-8-7-20(23(25)32-22)38(35,36)33-21-9-10-30-13-31-21;2-1-3/h4-5,7-10,12-14,18-19H,3,6,11H2,1-2H3,(H,30,31,33);1H,(H,2,3)/t14-,18-,19-;/m0./s1. The fourth-order valence-corrected chi connectivity index (χ4v) is 5.96. The molecule has 2 N–H and O–H groups in total. The van der Waals surface area contributed by atoms with Crippen molar-refractivity contribution >= 4 is 33.9 Å². The van der Waals surface area contributed by atoms with Gasteiger partial charge in [0, 0.05) is 18.3 Å². The van der Waals surface area contributed by atoms with Crippen LogP contribution in [0.1, 0.15) is 36.3 Å². The van der Waals surface area contributed by atoms with Crippen LogP contribution in [0.2, 0.25) is 5.15 Å². The van der Waals surface area contributed by atoms with Crippen molar-refractivity contribution in [3.8, 4) is 5.88 Å². The minimum Gasteiger partial charge on any atom is -0.483 e. The SMILES string of the molecule is CN(C)[C@H]1C[C@@H](c2cc(C(F)(F)F)ccc2F)CC[C@@H]1Oc1ccc(S(=O)(=O)Nc2ccncn2)c(Cl)n1.O=CO. The van der Waals surface area contributed by atoms with Gasteiger partial charge in [-0.15, -0.1) is 0 Å². The highest BCUT2D eigenvalue weighted by Crippen LogP contribution is 2.40. The number of carbonyl (C=O) groups is 1. The molecule has 1 saturated carbocycles. The second-order valence-corrected chi connectivity index (χ2v) is 11.2. The predicted molar refractivity (Wildman–Crippen MR) is 141 cm³/mol. The fraction of sp³-hybridized carbons (Fsp3) is 0.360. The molecule has 41 heavy (non-hydrogen) atoms. The predicted octanol–water partition coefficient (Wildman–Crippen LogP) is 4.83. The number of pyridine rings is 1. The van der Waals surface area contributed by atoms with E-state index in [1.165, 1.54) is 30.7 Å². The van der Waals surface area contributed by atoms with Crippen LogP contribution in [-0.2, 0) is 21.0 Å². The van der Waals surface area contributed by atoms with Crippen LogP contribution in [0.4, 0.5) is 23.4 Å². The summed E-state index contributed by atoms with van der Waals surface area (Å²) < 4.78 is 87.9. The van der Waals surface area contributed by atoms with E-state index in [0.717, 1.165) is 18.2 Å². The first-order valence-corrected chi connectivity index (χ1v) is 13.9. The largest absolute Gasteiger partial charge is 0.483 e. The number of hydrogen-bond acceptors (Lipinski definition) is 8. The monoisotopic (exact) mass is 619 g/mol. The van der Waals surface area contributed by atoms with Crippen LogP contribution in [0.15, 0.2) is 53.8 Å². The number of aromatic nitrogens is 3. The van der Waals surface area contributed by atoms with E-state index < -0.39 is 39.6 Å². The topological polar surface area (TPSA) is 135 Å². The van der Waals surface area contributed by atoms with Gasteiger partial charge in [0.1, 0.15) is 29.0 Å². The van der Waals surface area contributed by atoms with Gasteiger partial charge in [-0.2, -0.15) is 13.2 Å². The maximum Gasteiger partial charge on any atom is 0.416 e. The highest BCUT2D eigenvalue weighted by atomic mass is 35.5. The Morgan fingerprint density at radius 3 is 2.46 bits per heavy atom. The second-order valence-electron chi connectivity index (χ2n) is 9.18. The van der Waals surface area contributed by atoms with Crippen molar-refractivity contribution in [1.82, 2.24) is 19.9 Å². The molecular formula is C25H26ClF4N5O5S. The average molecular weight is 620 g/mol. The molecule has 0 aliphatic heterocycles. The Labute approximate surface area is 238 Å². The van der Waals surface area contributed by atoms with E-state index >= 15 is 0 Å². The molecule has 222 valence electrons. The van der Waals surface area contributed by atoms with E-state index in [-0.39, 0.29) is 39.8 Å². The Morgan fingerprint density at radius 1 is 1.17 bits per heavy atom. The van der Waals surface area contributed by atoms with Crippen molar-refractivity contribution in [3.63, 3.8) is 0 Å². The number of nitrogens with zero attached hydrogens (tertiary/aromatic N) is 4. The van der Waals surface area contributed by atoms with Gasteiger partial charge in [-0.3, -0.25) is 9.52 Å². The molecule has 0 bridgehead atoms. The lowest BCUT2D eigenvalue weighted by Gasteiger charge is -2.39. The van der Waals surface area contributed by atoms with Crippen LogP contribution < -0.4 is 9.46 Å². The minimum atomic E-state index is -4.57.